The van der Waals surface area contributed by atoms with E-state index in [1.807, 2.05) is 0 Å². The highest BCUT2D eigenvalue weighted by Crippen LogP contribution is 2.15. The SMILES string of the molecule is NCC(F)c1ccc(-n2cncn2)nc1. The summed E-state index contributed by atoms with van der Waals surface area (Å²) in [6, 6.07) is 3.31. The van der Waals surface area contributed by atoms with Crippen molar-refractivity contribution in [1.29, 1.82) is 0 Å². The lowest BCUT2D eigenvalue weighted by Gasteiger charge is -2.05. The van der Waals surface area contributed by atoms with Crippen LogP contribution in [0.3, 0.4) is 0 Å². The molecule has 2 heterocycles. The maximum Gasteiger partial charge on any atom is 0.155 e. The van der Waals surface area contributed by atoms with Crippen LogP contribution in [0.4, 0.5) is 4.39 Å². The van der Waals surface area contributed by atoms with Crippen LogP contribution in [-0.4, -0.2) is 26.3 Å². The zero-order chi connectivity index (χ0) is 10.7. The first-order chi connectivity index (χ1) is 7.31. The predicted molar refractivity (Wildman–Crippen MR) is 52.1 cm³/mol. The topological polar surface area (TPSA) is 69.6 Å². The fraction of sp³-hybridized carbons (Fsp3) is 0.222. The smallest absolute Gasteiger partial charge is 0.155 e. The van der Waals surface area contributed by atoms with Crippen LogP contribution >= 0.6 is 0 Å². The van der Waals surface area contributed by atoms with Gasteiger partial charge in [0.1, 0.15) is 18.8 Å². The molecule has 1 unspecified atom stereocenters. The van der Waals surface area contributed by atoms with Crippen LogP contribution < -0.4 is 5.73 Å². The molecule has 0 saturated carbocycles. The van der Waals surface area contributed by atoms with Gasteiger partial charge in [0.15, 0.2) is 5.82 Å². The van der Waals surface area contributed by atoms with Crippen LogP contribution in [0.5, 0.6) is 0 Å². The second-order valence-electron chi connectivity index (χ2n) is 2.99. The number of rotatable bonds is 3. The van der Waals surface area contributed by atoms with Crippen LogP contribution in [0, 0.1) is 0 Å². The van der Waals surface area contributed by atoms with Gasteiger partial charge in [0, 0.05) is 18.3 Å². The van der Waals surface area contributed by atoms with E-state index in [4.69, 9.17) is 5.73 Å². The van der Waals surface area contributed by atoms with Gasteiger partial charge in [0.2, 0.25) is 0 Å². The summed E-state index contributed by atoms with van der Waals surface area (Å²) in [5.41, 5.74) is 5.68. The number of alkyl halides is 1. The summed E-state index contributed by atoms with van der Waals surface area (Å²) in [4.78, 5) is 7.85. The first kappa shape index (κ1) is 9.72. The summed E-state index contributed by atoms with van der Waals surface area (Å²) in [5.74, 6) is 0.598. The van der Waals surface area contributed by atoms with Gasteiger partial charge in [-0.05, 0) is 6.07 Å². The highest BCUT2D eigenvalue weighted by molar-refractivity contribution is 5.25. The van der Waals surface area contributed by atoms with Crippen molar-refractivity contribution in [2.75, 3.05) is 6.54 Å². The molecule has 0 radical (unpaired) electrons. The average Bonchev–Trinajstić information content (AvgIpc) is 2.82. The van der Waals surface area contributed by atoms with Crippen molar-refractivity contribution in [3.63, 3.8) is 0 Å². The molecule has 0 saturated heterocycles. The molecule has 2 aromatic rings. The molecule has 2 N–H and O–H groups in total. The summed E-state index contributed by atoms with van der Waals surface area (Å²) in [6.07, 6.45) is 3.22. The van der Waals surface area contributed by atoms with E-state index in [1.54, 1.807) is 12.1 Å². The normalized spacial score (nSPS) is 12.7. The highest BCUT2D eigenvalue weighted by atomic mass is 19.1. The van der Waals surface area contributed by atoms with Crippen LogP contribution in [0.15, 0.2) is 31.0 Å². The molecule has 0 aliphatic heterocycles. The van der Waals surface area contributed by atoms with Crippen LogP contribution in [0.25, 0.3) is 5.82 Å². The number of hydrogen-bond acceptors (Lipinski definition) is 4. The van der Waals surface area contributed by atoms with Gasteiger partial charge >= 0.3 is 0 Å². The maximum atomic E-state index is 13.1. The largest absolute Gasteiger partial charge is 0.327 e. The fourth-order valence-corrected chi connectivity index (χ4v) is 1.18. The summed E-state index contributed by atoms with van der Waals surface area (Å²) in [7, 11) is 0. The Morgan fingerprint density at radius 3 is 2.87 bits per heavy atom. The third-order valence-electron chi connectivity index (χ3n) is 1.99. The number of pyridine rings is 1. The zero-order valence-corrected chi connectivity index (χ0v) is 7.92. The van der Waals surface area contributed by atoms with Crippen molar-refractivity contribution >= 4 is 0 Å². The van der Waals surface area contributed by atoms with Gasteiger partial charge in [0.05, 0.1) is 0 Å². The van der Waals surface area contributed by atoms with Crippen molar-refractivity contribution in [2.24, 2.45) is 5.73 Å². The highest BCUT2D eigenvalue weighted by Gasteiger charge is 2.07. The minimum atomic E-state index is -1.16. The standard InChI is InChI=1S/C9H10FN5/c10-8(3-11)7-1-2-9(13-4-7)15-6-12-5-14-15/h1-2,4-6,8H,3,11H2. The number of halogens is 1. The Labute approximate surface area is 85.8 Å². The second kappa shape index (κ2) is 4.14. The molecule has 78 valence electrons. The number of aromatic nitrogens is 4. The molecule has 0 amide bonds. The van der Waals surface area contributed by atoms with Crippen LogP contribution in [0.2, 0.25) is 0 Å². The van der Waals surface area contributed by atoms with Crippen molar-refractivity contribution < 1.29 is 4.39 Å². The third kappa shape index (κ3) is 1.99. The molecular formula is C9H10FN5. The molecular weight excluding hydrogens is 197 g/mol. The van der Waals surface area contributed by atoms with Gasteiger partial charge < -0.3 is 5.73 Å². The first-order valence-corrected chi connectivity index (χ1v) is 4.46. The van der Waals surface area contributed by atoms with Gasteiger partial charge in [-0.25, -0.2) is 19.0 Å². The van der Waals surface area contributed by atoms with E-state index in [-0.39, 0.29) is 6.54 Å². The van der Waals surface area contributed by atoms with E-state index in [1.165, 1.54) is 23.5 Å². The molecule has 15 heavy (non-hydrogen) atoms. The summed E-state index contributed by atoms with van der Waals surface area (Å²) in [6.45, 7) is -0.0373. The Bertz CT molecular complexity index is 411. The Morgan fingerprint density at radius 1 is 1.47 bits per heavy atom. The quantitative estimate of drug-likeness (QED) is 0.801. The number of hydrogen-bond donors (Lipinski definition) is 1. The average molecular weight is 207 g/mol. The summed E-state index contributed by atoms with van der Waals surface area (Å²) >= 11 is 0. The molecule has 0 bridgehead atoms. The molecule has 2 rings (SSSR count). The molecule has 0 spiro atoms. The Kier molecular flexibility index (Phi) is 2.68. The van der Waals surface area contributed by atoms with Crippen molar-refractivity contribution in [3.05, 3.63) is 36.5 Å². The predicted octanol–water partition coefficient (Wildman–Crippen LogP) is 0.632. The maximum absolute atomic E-state index is 13.1. The first-order valence-electron chi connectivity index (χ1n) is 4.46. The number of nitrogens with two attached hydrogens (primary N) is 1. The van der Waals surface area contributed by atoms with Crippen molar-refractivity contribution in [1.82, 2.24) is 19.7 Å². The minimum Gasteiger partial charge on any atom is -0.327 e. The molecule has 0 aromatic carbocycles. The lowest BCUT2D eigenvalue weighted by atomic mass is 10.2. The molecule has 6 heteroatoms. The Morgan fingerprint density at radius 2 is 2.33 bits per heavy atom. The lowest BCUT2D eigenvalue weighted by Crippen LogP contribution is -2.08. The van der Waals surface area contributed by atoms with Gasteiger partial charge in [-0.3, -0.25) is 0 Å². The third-order valence-corrected chi connectivity index (χ3v) is 1.99. The summed E-state index contributed by atoms with van der Waals surface area (Å²) < 4.78 is 14.6. The second-order valence-corrected chi connectivity index (χ2v) is 2.99. The monoisotopic (exact) mass is 207 g/mol. The van der Waals surface area contributed by atoms with E-state index in [2.05, 4.69) is 15.1 Å². The molecule has 2 aromatic heterocycles. The number of nitrogens with zero attached hydrogens (tertiary/aromatic N) is 4. The lowest BCUT2D eigenvalue weighted by molar-refractivity contribution is 0.352. The molecule has 0 aliphatic rings. The van der Waals surface area contributed by atoms with Gasteiger partial charge in [-0.15, -0.1) is 0 Å². The molecule has 1 atom stereocenters. The molecule has 5 nitrogen and oxygen atoms in total. The molecule has 0 fully saturated rings. The van der Waals surface area contributed by atoms with Crippen molar-refractivity contribution in [3.8, 4) is 5.82 Å². The Hall–Kier alpha value is -1.82. The Balaban J connectivity index is 2.25. The van der Waals surface area contributed by atoms with E-state index in [0.29, 0.717) is 11.4 Å². The fourth-order valence-electron chi connectivity index (χ4n) is 1.18. The molecule has 0 aliphatic carbocycles. The van der Waals surface area contributed by atoms with Crippen LogP contribution in [0.1, 0.15) is 11.7 Å². The van der Waals surface area contributed by atoms with E-state index >= 15 is 0 Å². The van der Waals surface area contributed by atoms with Crippen molar-refractivity contribution in [2.45, 2.75) is 6.17 Å². The van der Waals surface area contributed by atoms with E-state index in [0.717, 1.165) is 0 Å². The van der Waals surface area contributed by atoms with Gasteiger partial charge in [-0.2, -0.15) is 5.10 Å². The van der Waals surface area contributed by atoms with Gasteiger partial charge in [0.25, 0.3) is 0 Å². The van der Waals surface area contributed by atoms with Gasteiger partial charge in [-0.1, -0.05) is 6.07 Å². The van der Waals surface area contributed by atoms with E-state index < -0.39 is 6.17 Å². The minimum absolute atomic E-state index is 0.0373. The summed E-state index contributed by atoms with van der Waals surface area (Å²) in [5, 5.41) is 3.91. The van der Waals surface area contributed by atoms with Crippen LogP contribution in [-0.2, 0) is 0 Å². The zero-order valence-electron chi connectivity index (χ0n) is 7.92. The van der Waals surface area contributed by atoms with E-state index in [9.17, 15) is 4.39 Å².